The number of aromatic hydroxyl groups is 1. The second-order valence-corrected chi connectivity index (χ2v) is 5.20. The van der Waals surface area contributed by atoms with Crippen LogP contribution in [0.1, 0.15) is 12.8 Å². The molecule has 0 unspecified atom stereocenters. The molecule has 0 bridgehead atoms. The number of anilines is 1. The van der Waals surface area contributed by atoms with E-state index in [0.717, 1.165) is 36.8 Å². The van der Waals surface area contributed by atoms with E-state index >= 15 is 0 Å². The molecular formula is C15H17N3O3. The molecule has 2 heterocycles. The van der Waals surface area contributed by atoms with Gasteiger partial charge in [-0.15, -0.1) is 0 Å². The van der Waals surface area contributed by atoms with Gasteiger partial charge in [-0.3, -0.25) is 4.79 Å². The van der Waals surface area contributed by atoms with Gasteiger partial charge in [-0.2, -0.15) is 0 Å². The number of nitrogens with zero attached hydrogens (tertiary/aromatic N) is 3. The van der Waals surface area contributed by atoms with E-state index in [4.69, 9.17) is 4.74 Å². The molecule has 0 atom stereocenters. The van der Waals surface area contributed by atoms with E-state index in [9.17, 15) is 9.90 Å². The Balaban J connectivity index is 1.76. The molecule has 0 saturated carbocycles. The van der Waals surface area contributed by atoms with E-state index in [2.05, 4.69) is 14.9 Å². The van der Waals surface area contributed by atoms with Crippen LogP contribution in [-0.2, 0) is 9.53 Å². The van der Waals surface area contributed by atoms with Crippen LogP contribution in [0.3, 0.4) is 0 Å². The number of methoxy groups -OCH3 is 1. The fourth-order valence-corrected chi connectivity index (χ4v) is 2.65. The minimum Gasteiger partial charge on any atom is -0.508 e. The van der Waals surface area contributed by atoms with Crippen molar-refractivity contribution in [2.24, 2.45) is 5.92 Å². The molecular weight excluding hydrogens is 270 g/mol. The highest BCUT2D eigenvalue weighted by atomic mass is 16.5. The zero-order chi connectivity index (χ0) is 14.8. The number of carbonyl (C=O) groups is 1. The number of rotatable bonds is 2. The maximum atomic E-state index is 11.5. The Labute approximate surface area is 122 Å². The number of benzene rings is 1. The molecule has 0 spiro atoms. The van der Waals surface area contributed by atoms with Gasteiger partial charge in [0.1, 0.15) is 5.75 Å². The third kappa shape index (κ3) is 2.74. The predicted molar refractivity (Wildman–Crippen MR) is 78.2 cm³/mol. The lowest BCUT2D eigenvalue weighted by Gasteiger charge is -2.30. The van der Waals surface area contributed by atoms with Gasteiger partial charge < -0.3 is 14.7 Å². The van der Waals surface area contributed by atoms with Crippen molar-refractivity contribution < 1.29 is 14.6 Å². The summed E-state index contributed by atoms with van der Waals surface area (Å²) in [4.78, 5) is 22.5. The van der Waals surface area contributed by atoms with Gasteiger partial charge in [-0.1, -0.05) is 0 Å². The first-order valence-electron chi connectivity index (χ1n) is 6.96. The van der Waals surface area contributed by atoms with E-state index in [1.54, 1.807) is 24.4 Å². The Bertz CT molecular complexity index is 666. The molecule has 1 aromatic heterocycles. The standard InChI is InChI=1S/C15H17N3O3/c1-21-14(20)10-4-6-18(7-5-10)15-16-9-11-8-12(19)2-3-13(11)17-15/h2-3,8-10,19H,4-7H2,1H3. The van der Waals surface area contributed by atoms with Crippen LogP contribution in [-0.4, -0.2) is 41.2 Å². The molecule has 1 saturated heterocycles. The minimum atomic E-state index is -0.135. The van der Waals surface area contributed by atoms with Crippen molar-refractivity contribution in [2.45, 2.75) is 12.8 Å². The Morgan fingerprint density at radius 3 is 2.86 bits per heavy atom. The van der Waals surface area contributed by atoms with Crippen LogP contribution >= 0.6 is 0 Å². The lowest BCUT2D eigenvalue weighted by Crippen LogP contribution is -2.37. The number of phenols is 1. The first-order chi connectivity index (χ1) is 10.2. The predicted octanol–water partition coefficient (Wildman–Crippen LogP) is 1.72. The average molecular weight is 287 g/mol. The molecule has 3 rings (SSSR count). The number of aromatic nitrogens is 2. The average Bonchev–Trinajstić information content (AvgIpc) is 2.53. The molecule has 1 aromatic carbocycles. The van der Waals surface area contributed by atoms with Crippen LogP contribution in [0.25, 0.3) is 10.9 Å². The topological polar surface area (TPSA) is 75.5 Å². The smallest absolute Gasteiger partial charge is 0.308 e. The largest absolute Gasteiger partial charge is 0.508 e. The van der Waals surface area contributed by atoms with Crippen LogP contribution < -0.4 is 4.90 Å². The number of carbonyl (C=O) groups excluding carboxylic acids is 1. The van der Waals surface area contributed by atoms with Crippen molar-refractivity contribution in [2.75, 3.05) is 25.1 Å². The molecule has 1 N–H and O–H groups in total. The van der Waals surface area contributed by atoms with E-state index in [0.29, 0.717) is 5.95 Å². The van der Waals surface area contributed by atoms with Crippen molar-refractivity contribution in [1.29, 1.82) is 0 Å². The third-order valence-electron chi connectivity index (χ3n) is 3.86. The van der Waals surface area contributed by atoms with Crippen molar-refractivity contribution in [3.63, 3.8) is 0 Å². The van der Waals surface area contributed by atoms with E-state index < -0.39 is 0 Å². The third-order valence-corrected chi connectivity index (χ3v) is 3.86. The molecule has 1 fully saturated rings. The number of fused-ring (bicyclic) bond motifs is 1. The molecule has 2 aromatic rings. The van der Waals surface area contributed by atoms with Crippen LogP contribution in [0.5, 0.6) is 5.75 Å². The number of hydrogen-bond acceptors (Lipinski definition) is 6. The minimum absolute atomic E-state index is 0.0244. The normalized spacial score (nSPS) is 16.1. The van der Waals surface area contributed by atoms with Gasteiger partial charge in [0.25, 0.3) is 0 Å². The van der Waals surface area contributed by atoms with Gasteiger partial charge in [0.05, 0.1) is 18.5 Å². The van der Waals surface area contributed by atoms with E-state index in [1.807, 2.05) is 0 Å². The Kier molecular flexibility index (Phi) is 3.60. The van der Waals surface area contributed by atoms with Gasteiger partial charge in [0, 0.05) is 24.7 Å². The van der Waals surface area contributed by atoms with Gasteiger partial charge in [-0.05, 0) is 31.0 Å². The van der Waals surface area contributed by atoms with E-state index in [-0.39, 0.29) is 17.6 Å². The summed E-state index contributed by atoms with van der Waals surface area (Å²) in [6.07, 6.45) is 3.22. The molecule has 0 aliphatic carbocycles. The van der Waals surface area contributed by atoms with Crippen LogP contribution in [0, 0.1) is 5.92 Å². The van der Waals surface area contributed by atoms with Crippen LogP contribution in [0.2, 0.25) is 0 Å². The Hall–Kier alpha value is -2.37. The van der Waals surface area contributed by atoms with Crippen molar-refractivity contribution in [3.8, 4) is 5.75 Å². The summed E-state index contributed by atoms with van der Waals surface area (Å²) in [5.41, 5.74) is 0.799. The molecule has 1 aliphatic heterocycles. The molecule has 6 heteroatoms. The monoisotopic (exact) mass is 287 g/mol. The summed E-state index contributed by atoms with van der Waals surface area (Å²) < 4.78 is 4.79. The number of ether oxygens (including phenoxy) is 1. The number of esters is 1. The second kappa shape index (κ2) is 5.55. The molecule has 1 aliphatic rings. The summed E-state index contributed by atoms with van der Waals surface area (Å²) in [6, 6.07) is 5.03. The Morgan fingerprint density at radius 1 is 1.38 bits per heavy atom. The van der Waals surface area contributed by atoms with Crippen LogP contribution in [0.4, 0.5) is 5.95 Å². The van der Waals surface area contributed by atoms with Crippen LogP contribution in [0.15, 0.2) is 24.4 Å². The van der Waals surface area contributed by atoms with Crippen molar-refractivity contribution in [3.05, 3.63) is 24.4 Å². The summed E-state index contributed by atoms with van der Waals surface area (Å²) in [7, 11) is 1.43. The van der Waals surface area contributed by atoms with Gasteiger partial charge in [0.15, 0.2) is 0 Å². The SMILES string of the molecule is COC(=O)C1CCN(c2ncc3cc(O)ccc3n2)CC1. The number of piperidine rings is 1. The maximum absolute atomic E-state index is 11.5. The lowest BCUT2D eigenvalue weighted by atomic mass is 9.97. The van der Waals surface area contributed by atoms with E-state index in [1.165, 1.54) is 7.11 Å². The highest BCUT2D eigenvalue weighted by Crippen LogP contribution is 2.24. The summed E-state index contributed by atoms with van der Waals surface area (Å²) >= 11 is 0. The fourth-order valence-electron chi connectivity index (χ4n) is 2.65. The summed E-state index contributed by atoms with van der Waals surface area (Å²) in [5, 5.41) is 10.3. The number of hydrogen-bond donors (Lipinski definition) is 1. The van der Waals surface area contributed by atoms with Gasteiger partial charge in [0.2, 0.25) is 5.95 Å². The number of phenolic OH excluding ortho intramolecular Hbond substituents is 1. The fraction of sp³-hybridized carbons (Fsp3) is 0.400. The first kappa shape index (κ1) is 13.6. The zero-order valence-electron chi connectivity index (χ0n) is 11.8. The molecule has 110 valence electrons. The quantitative estimate of drug-likeness (QED) is 0.848. The highest BCUT2D eigenvalue weighted by molar-refractivity contribution is 5.80. The van der Waals surface area contributed by atoms with Crippen molar-refractivity contribution in [1.82, 2.24) is 9.97 Å². The molecule has 0 amide bonds. The van der Waals surface area contributed by atoms with Gasteiger partial charge >= 0.3 is 5.97 Å². The summed E-state index contributed by atoms with van der Waals surface area (Å²) in [6.45, 7) is 1.48. The van der Waals surface area contributed by atoms with Crippen molar-refractivity contribution >= 4 is 22.8 Å². The Morgan fingerprint density at radius 2 is 2.14 bits per heavy atom. The lowest BCUT2D eigenvalue weighted by molar-refractivity contribution is -0.146. The molecule has 0 radical (unpaired) electrons. The summed E-state index contributed by atoms with van der Waals surface area (Å²) in [5.74, 6) is 0.711. The molecule has 21 heavy (non-hydrogen) atoms. The second-order valence-electron chi connectivity index (χ2n) is 5.20. The highest BCUT2D eigenvalue weighted by Gasteiger charge is 2.26. The first-order valence-corrected chi connectivity index (χ1v) is 6.96. The van der Waals surface area contributed by atoms with Gasteiger partial charge in [-0.25, -0.2) is 9.97 Å². The maximum Gasteiger partial charge on any atom is 0.308 e. The zero-order valence-corrected chi connectivity index (χ0v) is 11.8. The molecule has 6 nitrogen and oxygen atoms in total.